The van der Waals surface area contributed by atoms with E-state index in [4.69, 9.17) is 9.47 Å². The van der Waals surface area contributed by atoms with Crippen molar-refractivity contribution in [3.8, 4) is 17.2 Å². The number of hydrogen-bond donors (Lipinski definition) is 1. The molecule has 0 bridgehead atoms. The highest BCUT2D eigenvalue weighted by molar-refractivity contribution is 5.40. The molecule has 2 aromatic rings. The fourth-order valence-corrected chi connectivity index (χ4v) is 2.24. The molecule has 112 valence electrons. The van der Waals surface area contributed by atoms with Crippen LogP contribution in [0.4, 0.5) is 0 Å². The maximum absolute atomic E-state index is 6.01. The summed E-state index contributed by atoms with van der Waals surface area (Å²) in [4.78, 5) is 0. The third-order valence-corrected chi connectivity index (χ3v) is 3.26. The summed E-state index contributed by atoms with van der Waals surface area (Å²) < 4.78 is 11.5. The minimum Gasteiger partial charge on any atom is -0.494 e. The molecule has 1 unspecified atom stereocenters. The molecule has 0 amide bonds. The van der Waals surface area contributed by atoms with Gasteiger partial charge < -0.3 is 14.8 Å². The summed E-state index contributed by atoms with van der Waals surface area (Å²) in [6.45, 7) is 7.82. The van der Waals surface area contributed by atoms with Crippen molar-refractivity contribution in [2.75, 3.05) is 13.2 Å². The zero-order chi connectivity index (χ0) is 15.1. The predicted molar refractivity (Wildman–Crippen MR) is 86.2 cm³/mol. The molecule has 1 N–H and O–H groups in total. The van der Waals surface area contributed by atoms with Crippen LogP contribution in [-0.2, 0) is 0 Å². The van der Waals surface area contributed by atoms with Crippen molar-refractivity contribution in [2.45, 2.75) is 26.8 Å². The Hall–Kier alpha value is -2.00. The van der Waals surface area contributed by atoms with Gasteiger partial charge in [0, 0.05) is 11.6 Å². The standard InChI is InChI=1S/C18H23NO2/c1-4-19-14(3)17-8-6-7-9-18(17)21-16-12-10-15(11-13-16)20-5-2/h6-14,19H,4-5H2,1-3H3. The summed E-state index contributed by atoms with van der Waals surface area (Å²) in [6, 6.07) is 16.1. The molecule has 0 aliphatic carbocycles. The molecular weight excluding hydrogens is 262 g/mol. The highest BCUT2D eigenvalue weighted by atomic mass is 16.5. The molecule has 21 heavy (non-hydrogen) atoms. The Morgan fingerprint density at radius 3 is 2.29 bits per heavy atom. The summed E-state index contributed by atoms with van der Waals surface area (Å²) in [6.07, 6.45) is 0. The molecule has 0 spiro atoms. The van der Waals surface area contributed by atoms with Gasteiger partial charge in [0.1, 0.15) is 17.2 Å². The van der Waals surface area contributed by atoms with Crippen LogP contribution >= 0.6 is 0 Å². The molecular formula is C18H23NO2. The van der Waals surface area contributed by atoms with Gasteiger partial charge >= 0.3 is 0 Å². The Balaban J connectivity index is 2.15. The minimum atomic E-state index is 0.258. The maximum atomic E-state index is 6.01. The minimum absolute atomic E-state index is 0.258. The van der Waals surface area contributed by atoms with E-state index in [-0.39, 0.29) is 6.04 Å². The van der Waals surface area contributed by atoms with Gasteiger partial charge in [-0.1, -0.05) is 25.1 Å². The van der Waals surface area contributed by atoms with Crippen LogP contribution < -0.4 is 14.8 Å². The molecule has 0 fully saturated rings. The van der Waals surface area contributed by atoms with Crippen molar-refractivity contribution in [2.24, 2.45) is 0 Å². The van der Waals surface area contributed by atoms with Gasteiger partial charge in [0.15, 0.2) is 0 Å². The fourth-order valence-electron chi connectivity index (χ4n) is 2.24. The molecule has 3 heteroatoms. The molecule has 0 heterocycles. The Labute approximate surface area is 126 Å². The van der Waals surface area contributed by atoms with E-state index >= 15 is 0 Å². The molecule has 0 radical (unpaired) electrons. The smallest absolute Gasteiger partial charge is 0.132 e. The topological polar surface area (TPSA) is 30.5 Å². The SMILES string of the molecule is CCNC(C)c1ccccc1Oc1ccc(OCC)cc1. The zero-order valence-corrected chi connectivity index (χ0v) is 12.9. The summed E-state index contributed by atoms with van der Waals surface area (Å²) in [5.41, 5.74) is 1.16. The van der Waals surface area contributed by atoms with Crippen molar-refractivity contribution >= 4 is 0 Å². The van der Waals surface area contributed by atoms with Crippen LogP contribution in [0.3, 0.4) is 0 Å². The van der Waals surface area contributed by atoms with Gasteiger partial charge in [-0.15, -0.1) is 0 Å². The highest BCUT2D eigenvalue weighted by Gasteiger charge is 2.10. The Morgan fingerprint density at radius 2 is 1.62 bits per heavy atom. The quantitative estimate of drug-likeness (QED) is 0.809. The molecule has 0 aliphatic heterocycles. The number of hydrogen-bond acceptors (Lipinski definition) is 3. The Kier molecular flexibility index (Phi) is 5.64. The monoisotopic (exact) mass is 285 g/mol. The molecule has 1 atom stereocenters. The van der Waals surface area contributed by atoms with E-state index in [1.54, 1.807) is 0 Å². The number of benzene rings is 2. The Morgan fingerprint density at radius 1 is 0.952 bits per heavy atom. The van der Waals surface area contributed by atoms with Gasteiger partial charge in [-0.2, -0.15) is 0 Å². The van der Waals surface area contributed by atoms with Gasteiger partial charge in [0.05, 0.1) is 6.61 Å². The van der Waals surface area contributed by atoms with E-state index in [1.807, 2.05) is 49.4 Å². The number of para-hydroxylation sites is 1. The van der Waals surface area contributed by atoms with Crippen molar-refractivity contribution in [1.82, 2.24) is 5.32 Å². The number of nitrogens with one attached hydrogen (secondary N) is 1. The van der Waals surface area contributed by atoms with E-state index in [0.29, 0.717) is 6.61 Å². The van der Waals surface area contributed by atoms with Gasteiger partial charge in [-0.3, -0.25) is 0 Å². The third-order valence-electron chi connectivity index (χ3n) is 3.26. The van der Waals surface area contributed by atoms with E-state index in [2.05, 4.69) is 25.2 Å². The lowest BCUT2D eigenvalue weighted by molar-refractivity contribution is 0.339. The third kappa shape index (κ3) is 4.23. The Bertz CT molecular complexity index is 551. The van der Waals surface area contributed by atoms with Gasteiger partial charge in [0.2, 0.25) is 0 Å². The van der Waals surface area contributed by atoms with Crippen LogP contribution in [0.1, 0.15) is 32.4 Å². The summed E-state index contributed by atoms with van der Waals surface area (Å²) in [5, 5.41) is 3.41. The van der Waals surface area contributed by atoms with Crippen LogP contribution in [0.25, 0.3) is 0 Å². The van der Waals surface area contributed by atoms with Gasteiger partial charge in [0.25, 0.3) is 0 Å². The second-order valence-corrected chi connectivity index (χ2v) is 4.82. The molecule has 2 rings (SSSR count). The second-order valence-electron chi connectivity index (χ2n) is 4.82. The van der Waals surface area contributed by atoms with E-state index in [0.717, 1.165) is 29.4 Å². The first-order valence-electron chi connectivity index (χ1n) is 7.47. The first kappa shape index (κ1) is 15.4. The second kappa shape index (κ2) is 7.70. The lowest BCUT2D eigenvalue weighted by atomic mass is 10.1. The molecule has 0 aromatic heterocycles. The summed E-state index contributed by atoms with van der Waals surface area (Å²) in [7, 11) is 0. The predicted octanol–water partition coefficient (Wildman–Crippen LogP) is 4.55. The average Bonchev–Trinajstić information content (AvgIpc) is 2.50. The van der Waals surface area contributed by atoms with Crippen LogP contribution in [-0.4, -0.2) is 13.2 Å². The first-order valence-corrected chi connectivity index (χ1v) is 7.47. The van der Waals surface area contributed by atoms with Crippen molar-refractivity contribution in [1.29, 1.82) is 0 Å². The van der Waals surface area contributed by atoms with Crippen molar-refractivity contribution in [3.05, 3.63) is 54.1 Å². The number of rotatable bonds is 7. The lowest BCUT2D eigenvalue weighted by Gasteiger charge is -2.17. The first-order chi connectivity index (χ1) is 10.2. The van der Waals surface area contributed by atoms with Gasteiger partial charge in [-0.25, -0.2) is 0 Å². The summed E-state index contributed by atoms with van der Waals surface area (Å²) in [5.74, 6) is 2.56. The van der Waals surface area contributed by atoms with Crippen molar-refractivity contribution in [3.63, 3.8) is 0 Å². The van der Waals surface area contributed by atoms with Crippen molar-refractivity contribution < 1.29 is 9.47 Å². The average molecular weight is 285 g/mol. The van der Waals surface area contributed by atoms with Crippen LogP contribution in [0.5, 0.6) is 17.2 Å². The zero-order valence-electron chi connectivity index (χ0n) is 12.9. The van der Waals surface area contributed by atoms with E-state index in [9.17, 15) is 0 Å². The molecule has 0 saturated carbocycles. The molecule has 2 aromatic carbocycles. The van der Waals surface area contributed by atoms with E-state index in [1.165, 1.54) is 0 Å². The maximum Gasteiger partial charge on any atom is 0.132 e. The molecule has 3 nitrogen and oxygen atoms in total. The lowest BCUT2D eigenvalue weighted by Crippen LogP contribution is -2.18. The van der Waals surface area contributed by atoms with Crippen LogP contribution in [0.15, 0.2) is 48.5 Å². The summed E-state index contributed by atoms with van der Waals surface area (Å²) >= 11 is 0. The highest BCUT2D eigenvalue weighted by Crippen LogP contribution is 2.30. The fraction of sp³-hybridized carbons (Fsp3) is 0.333. The van der Waals surface area contributed by atoms with Gasteiger partial charge in [-0.05, 0) is 50.7 Å². The number of ether oxygens (including phenoxy) is 2. The molecule has 0 aliphatic rings. The van der Waals surface area contributed by atoms with Crippen LogP contribution in [0.2, 0.25) is 0 Å². The largest absolute Gasteiger partial charge is 0.494 e. The van der Waals surface area contributed by atoms with Crippen LogP contribution in [0, 0.1) is 0 Å². The normalized spacial score (nSPS) is 12.0. The molecule has 0 saturated heterocycles. The van der Waals surface area contributed by atoms with E-state index < -0.39 is 0 Å².